The van der Waals surface area contributed by atoms with Crippen molar-refractivity contribution in [3.63, 3.8) is 0 Å². The standard InChI is InChI=1S/C21H21ClN10O3/c1-2-25-18-19-26-9-12(8-24)32(19)30-20(29-18)28-15-6-11(7-23)5-14(17(15)22)27-13-3-4-31(21(34)35)10-16(13)33/h5-6,9,13,16,27,33H,2-4,10H2,1H3,(H,34,35)(H2,25,28,29,30). The second-order valence-electron chi connectivity index (χ2n) is 7.76. The van der Waals surface area contributed by atoms with Crippen molar-refractivity contribution >= 4 is 46.5 Å². The first-order valence-electron chi connectivity index (χ1n) is 10.7. The SMILES string of the molecule is CCNc1nc(Nc2cc(C#N)cc(NC3CCN(C(=O)O)CC3O)c2Cl)nn2c(C#N)cnc12. The molecule has 1 amide bonds. The number of hydrogen-bond acceptors (Lipinski definition) is 10. The molecule has 0 spiro atoms. The Labute approximate surface area is 204 Å². The number of nitrogens with zero attached hydrogens (tertiary/aromatic N) is 7. The average molecular weight is 497 g/mol. The van der Waals surface area contributed by atoms with Crippen LogP contribution >= 0.6 is 11.6 Å². The van der Waals surface area contributed by atoms with Gasteiger partial charge in [0.25, 0.3) is 0 Å². The number of nitriles is 2. The smallest absolute Gasteiger partial charge is 0.407 e. The molecule has 2 aromatic heterocycles. The second kappa shape index (κ2) is 9.89. The van der Waals surface area contributed by atoms with E-state index in [0.717, 1.165) is 4.90 Å². The number of likely N-dealkylation sites (tertiary alicyclic amines) is 1. The molecule has 1 fully saturated rings. The minimum Gasteiger partial charge on any atom is -0.465 e. The van der Waals surface area contributed by atoms with Gasteiger partial charge in [0.1, 0.15) is 6.07 Å². The molecular formula is C21H21ClN10O3. The predicted octanol–water partition coefficient (Wildman–Crippen LogP) is 2.22. The van der Waals surface area contributed by atoms with Gasteiger partial charge in [-0.2, -0.15) is 20.0 Å². The van der Waals surface area contributed by atoms with E-state index in [9.17, 15) is 20.4 Å². The molecule has 1 aliphatic heterocycles. The molecule has 2 atom stereocenters. The summed E-state index contributed by atoms with van der Waals surface area (Å²) in [6.07, 6.45) is -0.310. The fourth-order valence-corrected chi connectivity index (χ4v) is 3.99. The molecule has 0 bridgehead atoms. The summed E-state index contributed by atoms with van der Waals surface area (Å²) in [5.74, 6) is 0.520. The maximum atomic E-state index is 11.2. The van der Waals surface area contributed by atoms with Gasteiger partial charge in [0.2, 0.25) is 5.95 Å². The summed E-state index contributed by atoms with van der Waals surface area (Å²) in [6, 6.07) is 6.69. The molecule has 1 aliphatic rings. The van der Waals surface area contributed by atoms with E-state index in [1.54, 1.807) is 6.07 Å². The summed E-state index contributed by atoms with van der Waals surface area (Å²) in [5.41, 5.74) is 1.59. The molecule has 14 heteroatoms. The van der Waals surface area contributed by atoms with Crippen molar-refractivity contribution < 1.29 is 15.0 Å². The van der Waals surface area contributed by atoms with E-state index in [1.807, 2.05) is 13.0 Å². The maximum absolute atomic E-state index is 11.2. The fourth-order valence-electron chi connectivity index (χ4n) is 3.78. The quantitative estimate of drug-likeness (QED) is 0.336. The number of β-amino-alcohol motifs (C(OH)–C–C–N with tert-alkyl or cyclic N) is 1. The normalized spacial score (nSPS) is 17.5. The lowest BCUT2D eigenvalue weighted by Crippen LogP contribution is -2.51. The molecular weight excluding hydrogens is 476 g/mol. The Morgan fingerprint density at radius 2 is 2.09 bits per heavy atom. The third-order valence-electron chi connectivity index (χ3n) is 5.46. The molecule has 3 aromatic rings. The zero-order chi connectivity index (χ0) is 25.1. The van der Waals surface area contributed by atoms with Crippen LogP contribution in [0.2, 0.25) is 5.02 Å². The van der Waals surface area contributed by atoms with Gasteiger partial charge in [-0.05, 0) is 25.5 Å². The Balaban J connectivity index is 1.66. The summed E-state index contributed by atoms with van der Waals surface area (Å²) < 4.78 is 1.35. The fraction of sp³-hybridized carbons (Fsp3) is 0.333. The minimum absolute atomic E-state index is 0.0408. The molecule has 0 radical (unpaired) electrons. The summed E-state index contributed by atoms with van der Waals surface area (Å²) in [6.45, 7) is 2.65. The van der Waals surface area contributed by atoms with E-state index in [0.29, 0.717) is 35.8 Å². The molecule has 1 aromatic carbocycles. The van der Waals surface area contributed by atoms with E-state index in [1.165, 1.54) is 16.8 Å². The lowest BCUT2D eigenvalue weighted by molar-refractivity contribution is 0.0575. The predicted molar refractivity (Wildman–Crippen MR) is 127 cm³/mol. The first-order chi connectivity index (χ1) is 16.8. The molecule has 13 nitrogen and oxygen atoms in total. The van der Waals surface area contributed by atoms with Crippen molar-refractivity contribution in [2.75, 3.05) is 35.6 Å². The van der Waals surface area contributed by atoms with E-state index < -0.39 is 18.2 Å². The van der Waals surface area contributed by atoms with Crippen LogP contribution in [0, 0.1) is 22.7 Å². The third-order valence-corrected chi connectivity index (χ3v) is 5.87. The monoisotopic (exact) mass is 496 g/mol. The molecule has 0 aliphatic carbocycles. The molecule has 3 heterocycles. The maximum Gasteiger partial charge on any atom is 0.407 e. The van der Waals surface area contributed by atoms with Crippen LogP contribution in [-0.4, -0.2) is 72.6 Å². The van der Waals surface area contributed by atoms with Gasteiger partial charge in [0, 0.05) is 13.1 Å². The van der Waals surface area contributed by atoms with E-state index in [-0.39, 0.29) is 35.3 Å². The zero-order valence-corrected chi connectivity index (χ0v) is 19.3. The van der Waals surface area contributed by atoms with Crippen molar-refractivity contribution in [1.29, 1.82) is 10.5 Å². The second-order valence-corrected chi connectivity index (χ2v) is 8.14. The summed E-state index contributed by atoms with van der Waals surface area (Å²) in [5, 5.41) is 52.2. The minimum atomic E-state index is -1.09. The number of rotatable bonds is 6. The Morgan fingerprint density at radius 1 is 1.31 bits per heavy atom. The van der Waals surface area contributed by atoms with Crippen LogP contribution in [0.1, 0.15) is 24.6 Å². The van der Waals surface area contributed by atoms with Gasteiger partial charge in [0.15, 0.2) is 17.2 Å². The van der Waals surface area contributed by atoms with Gasteiger partial charge in [-0.25, -0.2) is 9.78 Å². The number of imidazole rings is 1. The Morgan fingerprint density at radius 3 is 2.74 bits per heavy atom. The number of amides is 1. The van der Waals surface area contributed by atoms with Crippen LogP contribution in [0.5, 0.6) is 0 Å². The van der Waals surface area contributed by atoms with Crippen molar-refractivity contribution in [1.82, 2.24) is 24.5 Å². The number of benzene rings is 1. The highest BCUT2D eigenvalue weighted by molar-refractivity contribution is 6.36. The number of carboxylic acid groups (broad SMARTS) is 1. The van der Waals surface area contributed by atoms with Crippen LogP contribution in [0.4, 0.5) is 27.9 Å². The molecule has 4 rings (SSSR count). The molecule has 2 unspecified atom stereocenters. The number of aliphatic hydroxyl groups is 1. The number of carbonyl (C=O) groups is 1. The number of aromatic nitrogens is 4. The Hall–Kier alpha value is -4.33. The van der Waals surface area contributed by atoms with Crippen molar-refractivity contribution in [3.05, 3.63) is 34.6 Å². The number of hydrogen-bond donors (Lipinski definition) is 5. The van der Waals surface area contributed by atoms with Crippen molar-refractivity contribution in [2.24, 2.45) is 0 Å². The average Bonchev–Trinajstić information content (AvgIpc) is 3.26. The third kappa shape index (κ3) is 4.82. The van der Waals surface area contributed by atoms with Gasteiger partial charge in [-0.1, -0.05) is 11.6 Å². The first kappa shape index (κ1) is 23.8. The van der Waals surface area contributed by atoms with E-state index in [2.05, 4.69) is 37.1 Å². The molecule has 5 N–H and O–H groups in total. The molecule has 180 valence electrons. The van der Waals surface area contributed by atoms with E-state index in [4.69, 9.17) is 16.7 Å². The molecule has 35 heavy (non-hydrogen) atoms. The number of fused-ring (bicyclic) bond motifs is 1. The Bertz CT molecular complexity index is 1360. The van der Waals surface area contributed by atoms with Crippen LogP contribution in [0.15, 0.2) is 18.3 Å². The topological polar surface area (TPSA) is 188 Å². The lowest BCUT2D eigenvalue weighted by atomic mass is 10.0. The van der Waals surface area contributed by atoms with Crippen LogP contribution in [0.3, 0.4) is 0 Å². The van der Waals surface area contributed by atoms with Crippen molar-refractivity contribution in [2.45, 2.75) is 25.5 Å². The highest BCUT2D eigenvalue weighted by atomic mass is 35.5. The summed E-state index contributed by atoms with van der Waals surface area (Å²) >= 11 is 6.63. The van der Waals surface area contributed by atoms with Crippen LogP contribution in [-0.2, 0) is 0 Å². The summed E-state index contributed by atoms with van der Waals surface area (Å²) in [4.78, 5) is 20.9. The zero-order valence-electron chi connectivity index (χ0n) is 18.5. The van der Waals surface area contributed by atoms with Crippen LogP contribution in [0.25, 0.3) is 5.65 Å². The highest BCUT2D eigenvalue weighted by Gasteiger charge is 2.30. The van der Waals surface area contributed by atoms with Crippen LogP contribution < -0.4 is 16.0 Å². The Kier molecular flexibility index (Phi) is 6.73. The number of nitrogens with one attached hydrogen (secondary N) is 3. The highest BCUT2D eigenvalue weighted by Crippen LogP contribution is 2.35. The van der Waals surface area contributed by atoms with Gasteiger partial charge in [-0.3, -0.25) is 0 Å². The van der Waals surface area contributed by atoms with Gasteiger partial charge < -0.3 is 31.1 Å². The van der Waals surface area contributed by atoms with Crippen molar-refractivity contribution in [3.8, 4) is 12.1 Å². The summed E-state index contributed by atoms with van der Waals surface area (Å²) in [7, 11) is 0. The molecule has 0 saturated carbocycles. The number of halogens is 1. The number of anilines is 4. The lowest BCUT2D eigenvalue weighted by Gasteiger charge is -2.35. The largest absolute Gasteiger partial charge is 0.465 e. The first-order valence-corrected chi connectivity index (χ1v) is 11.0. The van der Waals surface area contributed by atoms with Gasteiger partial charge in [-0.15, -0.1) is 5.10 Å². The van der Waals surface area contributed by atoms with Gasteiger partial charge in [0.05, 0.1) is 52.9 Å². The molecule has 1 saturated heterocycles. The number of aliphatic hydroxyl groups excluding tert-OH is 1. The van der Waals surface area contributed by atoms with Gasteiger partial charge >= 0.3 is 6.09 Å². The number of piperidine rings is 1. The van der Waals surface area contributed by atoms with E-state index >= 15 is 0 Å².